The topological polar surface area (TPSA) is 80.0 Å². The van der Waals surface area contributed by atoms with Crippen LogP contribution in [0.15, 0.2) is 54.6 Å². The number of halogens is 1. The molecule has 0 bridgehead atoms. The number of benzene rings is 2. The van der Waals surface area contributed by atoms with Crippen molar-refractivity contribution in [3.05, 3.63) is 60.2 Å². The summed E-state index contributed by atoms with van der Waals surface area (Å²) >= 11 is 0. The molecule has 0 saturated heterocycles. The van der Waals surface area contributed by atoms with E-state index in [0.717, 1.165) is 29.9 Å². The van der Waals surface area contributed by atoms with Crippen LogP contribution in [0.4, 0.5) is 0 Å². The van der Waals surface area contributed by atoms with Crippen LogP contribution in [0.2, 0.25) is 0 Å². The Balaban J connectivity index is 0.00000480. The molecule has 0 heterocycles. The monoisotopic (exact) mass is 451 g/mol. The SMILES string of the molecule is COCC[C@H](Cc1ccc(OC)cc1)[C@@H](Oc1ccccc1)[C@H](C)OC(=O)[C@H](C)N.Cl. The van der Waals surface area contributed by atoms with Crippen LogP contribution in [0.1, 0.15) is 25.8 Å². The van der Waals surface area contributed by atoms with Crippen LogP contribution in [0.25, 0.3) is 0 Å². The summed E-state index contributed by atoms with van der Waals surface area (Å²) in [5, 5.41) is 0. The lowest BCUT2D eigenvalue weighted by atomic mass is 9.88. The Morgan fingerprint density at radius 1 is 0.968 bits per heavy atom. The number of rotatable bonds is 12. The van der Waals surface area contributed by atoms with Gasteiger partial charge in [-0.05, 0) is 56.5 Å². The first kappa shape index (κ1) is 26.8. The van der Waals surface area contributed by atoms with E-state index in [-0.39, 0.29) is 24.4 Å². The van der Waals surface area contributed by atoms with E-state index >= 15 is 0 Å². The molecule has 2 aromatic rings. The number of esters is 1. The minimum absolute atomic E-state index is 0. The summed E-state index contributed by atoms with van der Waals surface area (Å²) in [6.45, 7) is 4.03. The van der Waals surface area contributed by atoms with Crippen molar-refractivity contribution >= 4 is 18.4 Å². The molecular weight excluding hydrogens is 418 g/mol. The molecule has 7 heteroatoms. The van der Waals surface area contributed by atoms with E-state index in [1.54, 1.807) is 21.1 Å². The Hall–Kier alpha value is -2.28. The minimum atomic E-state index is -0.691. The number of para-hydroxylation sites is 1. The van der Waals surface area contributed by atoms with E-state index in [4.69, 9.17) is 24.7 Å². The van der Waals surface area contributed by atoms with Crippen molar-refractivity contribution in [3.63, 3.8) is 0 Å². The standard InChI is InChI=1S/C24H33NO5.ClH/c1-17(25)24(26)29-18(2)23(30-22-8-6-5-7-9-22)20(14-15-27-3)16-19-10-12-21(28-4)13-11-19;/h5-13,17-18,20,23H,14-16,25H2,1-4H3;1H/t17-,18-,20+,23-;/m0./s1. The summed E-state index contributed by atoms with van der Waals surface area (Å²) in [6.07, 6.45) is 0.640. The zero-order valence-corrected chi connectivity index (χ0v) is 19.5. The number of carbonyl (C=O) groups is 1. The van der Waals surface area contributed by atoms with Crippen LogP contribution in [0, 0.1) is 5.92 Å². The van der Waals surface area contributed by atoms with E-state index in [1.165, 1.54) is 0 Å². The van der Waals surface area contributed by atoms with Gasteiger partial charge in [-0.1, -0.05) is 30.3 Å². The van der Waals surface area contributed by atoms with Gasteiger partial charge in [0.1, 0.15) is 29.7 Å². The molecule has 172 valence electrons. The predicted octanol–water partition coefficient (Wildman–Crippen LogP) is 4.04. The summed E-state index contributed by atoms with van der Waals surface area (Å²) < 4.78 is 22.6. The Bertz CT molecular complexity index is 754. The van der Waals surface area contributed by atoms with E-state index in [1.807, 2.05) is 61.5 Å². The fourth-order valence-corrected chi connectivity index (χ4v) is 3.31. The van der Waals surface area contributed by atoms with Crippen LogP contribution in [-0.4, -0.2) is 45.0 Å². The summed E-state index contributed by atoms with van der Waals surface area (Å²) in [5.41, 5.74) is 6.84. The van der Waals surface area contributed by atoms with Crippen molar-refractivity contribution in [3.8, 4) is 11.5 Å². The molecule has 0 aliphatic rings. The smallest absolute Gasteiger partial charge is 0.323 e. The second kappa shape index (κ2) is 13.9. The van der Waals surface area contributed by atoms with Crippen LogP contribution in [-0.2, 0) is 20.7 Å². The largest absolute Gasteiger partial charge is 0.497 e. The molecule has 0 saturated carbocycles. The summed E-state index contributed by atoms with van der Waals surface area (Å²) in [4.78, 5) is 12.1. The van der Waals surface area contributed by atoms with Gasteiger partial charge in [-0.15, -0.1) is 12.4 Å². The molecule has 0 aliphatic carbocycles. The summed E-state index contributed by atoms with van der Waals surface area (Å²) in [6, 6.07) is 16.8. The number of ether oxygens (including phenoxy) is 4. The minimum Gasteiger partial charge on any atom is -0.497 e. The van der Waals surface area contributed by atoms with Gasteiger partial charge in [-0.3, -0.25) is 4.79 Å². The molecule has 2 N–H and O–H groups in total. The van der Waals surface area contributed by atoms with Crippen LogP contribution < -0.4 is 15.2 Å². The van der Waals surface area contributed by atoms with Gasteiger partial charge in [0, 0.05) is 19.6 Å². The van der Waals surface area contributed by atoms with Gasteiger partial charge in [-0.25, -0.2) is 0 Å². The van der Waals surface area contributed by atoms with Crippen molar-refractivity contribution in [1.82, 2.24) is 0 Å². The predicted molar refractivity (Wildman–Crippen MR) is 124 cm³/mol. The van der Waals surface area contributed by atoms with Crippen molar-refractivity contribution in [2.75, 3.05) is 20.8 Å². The van der Waals surface area contributed by atoms with Crippen LogP contribution >= 0.6 is 12.4 Å². The average Bonchev–Trinajstić information content (AvgIpc) is 2.76. The van der Waals surface area contributed by atoms with Gasteiger partial charge in [0.25, 0.3) is 0 Å². The average molecular weight is 452 g/mol. The number of carbonyl (C=O) groups excluding carboxylic acids is 1. The maximum Gasteiger partial charge on any atom is 0.323 e. The maximum absolute atomic E-state index is 12.1. The molecule has 0 radical (unpaired) electrons. The van der Waals surface area contributed by atoms with Gasteiger partial charge in [0.2, 0.25) is 0 Å². The lowest BCUT2D eigenvalue weighted by Gasteiger charge is -2.32. The van der Waals surface area contributed by atoms with Crippen molar-refractivity contribution < 1.29 is 23.7 Å². The Morgan fingerprint density at radius 3 is 2.16 bits per heavy atom. The molecule has 31 heavy (non-hydrogen) atoms. The van der Waals surface area contributed by atoms with Gasteiger partial charge in [-0.2, -0.15) is 0 Å². The quantitative estimate of drug-likeness (QED) is 0.490. The number of hydrogen-bond acceptors (Lipinski definition) is 6. The first-order valence-electron chi connectivity index (χ1n) is 10.2. The highest BCUT2D eigenvalue weighted by molar-refractivity contribution is 5.85. The van der Waals surface area contributed by atoms with Gasteiger partial charge in [0.15, 0.2) is 0 Å². The molecule has 4 atom stereocenters. The Morgan fingerprint density at radius 2 is 1.61 bits per heavy atom. The molecule has 0 unspecified atom stereocenters. The second-order valence-corrected chi connectivity index (χ2v) is 7.42. The summed E-state index contributed by atoms with van der Waals surface area (Å²) in [7, 11) is 3.33. The van der Waals surface area contributed by atoms with Gasteiger partial charge >= 0.3 is 5.97 Å². The Kier molecular flexibility index (Phi) is 12.0. The number of hydrogen-bond donors (Lipinski definition) is 1. The normalized spacial score (nSPS) is 14.5. The zero-order valence-electron chi connectivity index (χ0n) is 18.7. The molecule has 0 spiro atoms. The summed E-state index contributed by atoms with van der Waals surface area (Å²) in [5.74, 6) is 1.14. The third-order valence-electron chi connectivity index (χ3n) is 4.97. The lowest BCUT2D eigenvalue weighted by Crippen LogP contribution is -2.43. The molecule has 2 rings (SSSR count). The first-order valence-corrected chi connectivity index (χ1v) is 10.2. The highest BCUT2D eigenvalue weighted by atomic mass is 35.5. The molecule has 0 fully saturated rings. The van der Waals surface area contributed by atoms with Gasteiger partial charge < -0.3 is 24.7 Å². The number of methoxy groups -OCH3 is 2. The zero-order chi connectivity index (χ0) is 21.9. The highest BCUT2D eigenvalue weighted by Crippen LogP contribution is 2.26. The van der Waals surface area contributed by atoms with E-state index in [2.05, 4.69) is 0 Å². The second-order valence-electron chi connectivity index (χ2n) is 7.42. The van der Waals surface area contributed by atoms with E-state index < -0.39 is 18.1 Å². The molecule has 2 aromatic carbocycles. The van der Waals surface area contributed by atoms with E-state index in [9.17, 15) is 4.79 Å². The lowest BCUT2D eigenvalue weighted by molar-refractivity contribution is -0.155. The third-order valence-corrected chi connectivity index (χ3v) is 4.97. The maximum atomic E-state index is 12.1. The van der Waals surface area contributed by atoms with Crippen molar-refractivity contribution in [2.24, 2.45) is 11.7 Å². The first-order chi connectivity index (χ1) is 14.4. The fraction of sp³-hybridized carbons (Fsp3) is 0.458. The highest BCUT2D eigenvalue weighted by Gasteiger charge is 2.32. The van der Waals surface area contributed by atoms with Gasteiger partial charge in [0.05, 0.1) is 7.11 Å². The molecule has 0 amide bonds. The van der Waals surface area contributed by atoms with Crippen molar-refractivity contribution in [1.29, 1.82) is 0 Å². The Labute approximate surface area is 191 Å². The van der Waals surface area contributed by atoms with Crippen molar-refractivity contribution in [2.45, 2.75) is 44.9 Å². The molecule has 0 aromatic heterocycles. The molecular formula is C24H34ClNO5. The molecule has 0 aliphatic heterocycles. The fourth-order valence-electron chi connectivity index (χ4n) is 3.31. The third kappa shape index (κ3) is 8.77. The number of nitrogens with two attached hydrogens (primary N) is 1. The van der Waals surface area contributed by atoms with E-state index in [0.29, 0.717) is 6.61 Å². The molecule has 6 nitrogen and oxygen atoms in total. The van der Waals surface area contributed by atoms with Crippen LogP contribution in [0.5, 0.6) is 11.5 Å². The van der Waals surface area contributed by atoms with Crippen LogP contribution in [0.3, 0.4) is 0 Å².